The van der Waals surface area contributed by atoms with Crippen LogP contribution in [0.5, 0.6) is 0 Å². The van der Waals surface area contributed by atoms with Crippen LogP contribution in [-0.2, 0) is 4.79 Å². The third-order valence-corrected chi connectivity index (χ3v) is 0.620. The van der Waals surface area contributed by atoms with Crippen molar-refractivity contribution in [2.75, 3.05) is 13.2 Å². The molecule has 0 radical (unpaired) electrons. The number of azo groups is 1. The van der Waals surface area contributed by atoms with Gasteiger partial charge in [-0.2, -0.15) is 5.11 Å². The van der Waals surface area contributed by atoms with E-state index in [1.54, 1.807) is 0 Å². The van der Waals surface area contributed by atoms with Crippen molar-refractivity contribution in [1.82, 2.24) is 0 Å². The van der Waals surface area contributed by atoms with Crippen molar-refractivity contribution in [2.24, 2.45) is 10.2 Å². The molecule has 0 unspecified atom stereocenters. The Morgan fingerprint density at radius 3 is 2.78 bits per heavy atom. The predicted octanol–water partition coefficient (Wildman–Crippen LogP) is 1.34. The van der Waals surface area contributed by atoms with E-state index in [-0.39, 0.29) is 0 Å². The molecule has 0 atom stereocenters. The van der Waals surface area contributed by atoms with Gasteiger partial charge in [-0.05, 0) is 6.42 Å². The van der Waals surface area contributed by atoms with Gasteiger partial charge in [-0.15, -0.1) is 5.11 Å². The first-order valence-electron chi connectivity index (χ1n) is 2.77. The highest BCUT2D eigenvalue weighted by molar-refractivity contribution is 5.77. The minimum Gasteiger partial charge on any atom is -0.268 e. The topological polar surface area (TPSA) is 41.8 Å². The minimum atomic E-state index is -1.05. The zero-order valence-electron chi connectivity index (χ0n) is 5.30. The highest BCUT2D eigenvalue weighted by Gasteiger charge is 1.92. The summed E-state index contributed by atoms with van der Waals surface area (Å²) in [6.45, 7) is 1.35. The SMILES string of the molecule is CCCN=NC(=O)CF. The number of hydrogen-bond donors (Lipinski definition) is 0. The minimum absolute atomic E-state index is 0.492. The van der Waals surface area contributed by atoms with Crippen LogP contribution in [0.1, 0.15) is 13.3 Å². The van der Waals surface area contributed by atoms with Crippen LogP contribution >= 0.6 is 0 Å². The molecule has 0 saturated carbocycles. The maximum atomic E-state index is 11.3. The summed E-state index contributed by atoms with van der Waals surface area (Å²) in [4.78, 5) is 10.1. The smallest absolute Gasteiger partial charge is 0.268 e. The Labute approximate surface area is 53.0 Å². The molecule has 0 aliphatic heterocycles. The van der Waals surface area contributed by atoms with Crippen LogP contribution in [0.4, 0.5) is 4.39 Å². The second kappa shape index (κ2) is 5.34. The van der Waals surface area contributed by atoms with E-state index in [1.807, 2.05) is 6.92 Å². The molecule has 0 spiro atoms. The van der Waals surface area contributed by atoms with Crippen molar-refractivity contribution in [3.63, 3.8) is 0 Å². The van der Waals surface area contributed by atoms with Gasteiger partial charge in [-0.1, -0.05) is 6.92 Å². The molecule has 0 aliphatic rings. The highest BCUT2D eigenvalue weighted by Crippen LogP contribution is 1.82. The molecule has 0 N–H and O–H groups in total. The molecule has 0 saturated heterocycles. The van der Waals surface area contributed by atoms with Crippen LogP contribution < -0.4 is 0 Å². The van der Waals surface area contributed by atoms with Gasteiger partial charge in [0, 0.05) is 0 Å². The maximum absolute atomic E-state index is 11.3. The molecule has 0 aromatic rings. The molecule has 0 aromatic heterocycles. The van der Waals surface area contributed by atoms with Gasteiger partial charge in [-0.25, -0.2) is 4.39 Å². The Hall–Kier alpha value is -0.800. The van der Waals surface area contributed by atoms with Gasteiger partial charge >= 0.3 is 0 Å². The number of halogens is 1. The molecule has 0 fully saturated rings. The summed E-state index contributed by atoms with van der Waals surface area (Å²) in [7, 11) is 0. The Morgan fingerprint density at radius 1 is 1.67 bits per heavy atom. The first kappa shape index (κ1) is 8.20. The molecule has 0 bridgehead atoms. The third-order valence-electron chi connectivity index (χ3n) is 0.620. The van der Waals surface area contributed by atoms with E-state index in [0.717, 1.165) is 6.42 Å². The summed E-state index contributed by atoms with van der Waals surface area (Å²) in [5.74, 6) is -0.802. The van der Waals surface area contributed by atoms with E-state index in [9.17, 15) is 9.18 Å². The molecule has 0 heterocycles. The number of rotatable bonds is 3. The van der Waals surface area contributed by atoms with Crippen molar-refractivity contribution in [1.29, 1.82) is 0 Å². The van der Waals surface area contributed by atoms with E-state index in [1.165, 1.54) is 0 Å². The maximum Gasteiger partial charge on any atom is 0.295 e. The van der Waals surface area contributed by atoms with Crippen molar-refractivity contribution < 1.29 is 9.18 Å². The Kier molecular flexibility index (Phi) is 4.86. The first-order chi connectivity index (χ1) is 4.31. The quantitative estimate of drug-likeness (QED) is 0.534. The predicted molar refractivity (Wildman–Crippen MR) is 31.0 cm³/mol. The van der Waals surface area contributed by atoms with Gasteiger partial charge < -0.3 is 0 Å². The lowest BCUT2D eigenvalue weighted by Crippen LogP contribution is -1.92. The fourth-order valence-corrected chi connectivity index (χ4v) is 0.256. The van der Waals surface area contributed by atoms with Crippen LogP contribution in [-0.4, -0.2) is 19.1 Å². The van der Waals surface area contributed by atoms with Crippen molar-refractivity contribution in [3.8, 4) is 0 Å². The molecule has 1 amide bonds. The number of nitrogens with zero attached hydrogens (tertiary/aromatic N) is 2. The fourth-order valence-electron chi connectivity index (χ4n) is 0.256. The number of carbonyl (C=O) groups excluding carboxylic acids is 1. The molecule has 52 valence electrons. The third kappa shape index (κ3) is 5.06. The fraction of sp³-hybridized carbons (Fsp3) is 0.800. The molecule has 0 aromatic carbocycles. The lowest BCUT2D eigenvalue weighted by Gasteiger charge is -1.81. The number of alkyl halides is 1. The van der Waals surface area contributed by atoms with Gasteiger partial charge in [0.1, 0.15) is 0 Å². The standard InChI is InChI=1S/C5H9FN2O/c1-2-3-7-8-5(9)4-6/h2-4H2,1H3. The number of hydrogen-bond acceptors (Lipinski definition) is 2. The average molecular weight is 132 g/mol. The van der Waals surface area contributed by atoms with Crippen LogP contribution in [0.15, 0.2) is 10.2 Å². The molecular weight excluding hydrogens is 123 g/mol. The molecule has 4 heteroatoms. The zero-order chi connectivity index (χ0) is 7.11. The Bertz CT molecular complexity index is 114. The number of amides is 1. The summed E-state index contributed by atoms with van der Waals surface area (Å²) in [5.41, 5.74) is 0. The van der Waals surface area contributed by atoms with Crippen LogP contribution in [0.25, 0.3) is 0 Å². The molecule has 0 aliphatic carbocycles. The van der Waals surface area contributed by atoms with E-state index in [0.29, 0.717) is 6.54 Å². The summed E-state index contributed by atoms with van der Waals surface area (Å²) in [5, 5.41) is 6.44. The van der Waals surface area contributed by atoms with Gasteiger partial charge in [0.2, 0.25) is 0 Å². The lowest BCUT2D eigenvalue weighted by molar-refractivity contribution is -0.119. The van der Waals surface area contributed by atoms with Gasteiger partial charge in [-0.3, -0.25) is 4.79 Å². The average Bonchev–Trinajstić information content (AvgIpc) is 1.89. The second-order valence-corrected chi connectivity index (χ2v) is 1.49. The van der Waals surface area contributed by atoms with Gasteiger partial charge in [0.25, 0.3) is 5.91 Å². The van der Waals surface area contributed by atoms with Crippen molar-refractivity contribution >= 4 is 5.91 Å². The summed E-state index contributed by atoms with van der Waals surface area (Å²) < 4.78 is 11.3. The molecule has 9 heavy (non-hydrogen) atoms. The van der Waals surface area contributed by atoms with Gasteiger partial charge in [0.05, 0.1) is 6.54 Å². The largest absolute Gasteiger partial charge is 0.295 e. The van der Waals surface area contributed by atoms with Gasteiger partial charge in [0.15, 0.2) is 6.67 Å². The highest BCUT2D eigenvalue weighted by atomic mass is 19.1. The van der Waals surface area contributed by atoms with E-state index >= 15 is 0 Å². The lowest BCUT2D eigenvalue weighted by atomic mass is 10.5. The van der Waals surface area contributed by atoms with Crippen LogP contribution in [0.3, 0.4) is 0 Å². The first-order valence-corrected chi connectivity index (χ1v) is 2.77. The summed E-state index contributed by atoms with van der Waals surface area (Å²) >= 11 is 0. The monoisotopic (exact) mass is 132 g/mol. The van der Waals surface area contributed by atoms with Crippen LogP contribution in [0, 0.1) is 0 Å². The normalized spacial score (nSPS) is 10.4. The van der Waals surface area contributed by atoms with E-state index in [4.69, 9.17) is 0 Å². The molecule has 3 nitrogen and oxygen atoms in total. The van der Waals surface area contributed by atoms with Crippen LogP contribution in [0.2, 0.25) is 0 Å². The van der Waals surface area contributed by atoms with E-state index in [2.05, 4.69) is 10.2 Å². The van der Waals surface area contributed by atoms with Crippen molar-refractivity contribution in [2.45, 2.75) is 13.3 Å². The molecule has 0 rings (SSSR count). The second-order valence-electron chi connectivity index (χ2n) is 1.49. The zero-order valence-corrected chi connectivity index (χ0v) is 5.30. The number of carbonyl (C=O) groups is 1. The Balaban J connectivity index is 3.32. The molecular formula is C5H9FN2O. The van der Waals surface area contributed by atoms with E-state index < -0.39 is 12.6 Å². The summed E-state index contributed by atoms with van der Waals surface area (Å²) in [6, 6.07) is 0. The Morgan fingerprint density at radius 2 is 2.33 bits per heavy atom. The summed E-state index contributed by atoms with van der Waals surface area (Å²) in [6.07, 6.45) is 0.822. The van der Waals surface area contributed by atoms with Crippen molar-refractivity contribution in [3.05, 3.63) is 0 Å².